The first-order chi connectivity index (χ1) is 16.7. The van der Waals surface area contributed by atoms with Gasteiger partial charge in [0, 0.05) is 43.2 Å². The molecule has 3 heterocycles. The summed E-state index contributed by atoms with van der Waals surface area (Å²) in [7, 11) is 1.63. The van der Waals surface area contributed by atoms with Crippen molar-refractivity contribution in [1.29, 1.82) is 0 Å². The summed E-state index contributed by atoms with van der Waals surface area (Å²) < 4.78 is 17.1. The Bertz CT molecular complexity index is 1130. The van der Waals surface area contributed by atoms with Crippen LogP contribution in [0.1, 0.15) is 52.1 Å². The number of aromatic nitrogens is 3. The first-order valence-corrected chi connectivity index (χ1v) is 11.9. The molecule has 1 fully saturated rings. The van der Waals surface area contributed by atoms with Gasteiger partial charge in [-0.3, -0.25) is 14.9 Å². The molecular weight excluding hydrogens is 432 g/mol. The van der Waals surface area contributed by atoms with E-state index in [9.17, 15) is 4.79 Å². The van der Waals surface area contributed by atoms with Crippen molar-refractivity contribution < 1.29 is 19.0 Å². The average Bonchev–Trinajstić information content (AvgIpc) is 3.55. The zero-order chi connectivity index (χ0) is 23.3. The highest BCUT2D eigenvalue weighted by Crippen LogP contribution is 2.31. The normalized spacial score (nSPS) is 17.3. The number of fused-ring (bicyclic) bond motifs is 1. The van der Waals surface area contributed by atoms with Gasteiger partial charge in [0.25, 0.3) is 5.91 Å². The smallest absolute Gasteiger partial charge is 0.275 e. The number of H-pyrrole nitrogens is 1. The van der Waals surface area contributed by atoms with Crippen LogP contribution in [0.4, 0.5) is 0 Å². The molecular formula is C26H30N4O4. The van der Waals surface area contributed by atoms with Crippen molar-refractivity contribution in [3.05, 3.63) is 70.8 Å². The van der Waals surface area contributed by atoms with E-state index in [1.165, 1.54) is 0 Å². The minimum Gasteiger partial charge on any atom is -0.493 e. The lowest BCUT2D eigenvalue weighted by Gasteiger charge is -2.24. The SMILES string of the molecule is COc1cc(CN(Cc2cccnc2)C(=O)c2n[nH]c3c2CCCC3)ccc1O[C@@H]1CCOC1. The van der Waals surface area contributed by atoms with Crippen molar-refractivity contribution in [2.24, 2.45) is 0 Å². The lowest BCUT2D eigenvalue weighted by atomic mass is 9.95. The van der Waals surface area contributed by atoms with E-state index in [4.69, 9.17) is 14.2 Å². The monoisotopic (exact) mass is 462 g/mol. The molecule has 2 aliphatic rings. The summed E-state index contributed by atoms with van der Waals surface area (Å²) in [5.74, 6) is 1.26. The van der Waals surface area contributed by atoms with E-state index in [0.717, 1.165) is 54.5 Å². The predicted octanol–water partition coefficient (Wildman–Crippen LogP) is 3.70. The summed E-state index contributed by atoms with van der Waals surface area (Å²) >= 11 is 0. The largest absolute Gasteiger partial charge is 0.493 e. The maximum Gasteiger partial charge on any atom is 0.275 e. The topological polar surface area (TPSA) is 89.6 Å². The number of ether oxygens (including phenoxy) is 3. The highest BCUT2D eigenvalue weighted by Gasteiger charge is 2.26. The first kappa shape index (κ1) is 22.4. The Morgan fingerprint density at radius 3 is 2.85 bits per heavy atom. The first-order valence-electron chi connectivity index (χ1n) is 11.9. The van der Waals surface area contributed by atoms with Gasteiger partial charge in [0.15, 0.2) is 17.2 Å². The van der Waals surface area contributed by atoms with E-state index in [1.54, 1.807) is 19.5 Å². The zero-order valence-electron chi connectivity index (χ0n) is 19.5. The molecule has 1 atom stereocenters. The standard InChI is InChI=1S/C26H30N4O4/c1-32-24-13-18(8-9-23(24)34-20-10-12-33-17-20)15-30(16-19-5-4-11-27-14-19)26(31)25-21-6-2-3-7-22(21)28-29-25/h4-5,8-9,11,13-14,20H,2-3,6-7,10,12,15-17H2,1H3,(H,28,29)/t20-/m1/s1. The second kappa shape index (κ2) is 10.3. The molecule has 1 saturated heterocycles. The maximum atomic E-state index is 13.7. The van der Waals surface area contributed by atoms with Gasteiger partial charge in [-0.25, -0.2) is 0 Å². The van der Waals surface area contributed by atoms with E-state index in [2.05, 4.69) is 15.2 Å². The van der Waals surface area contributed by atoms with Crippen LogP contribution in [0.3, 0.4) is 0 Å². The quantitative estimate of drug-likeness (QED) is 0.549. The number of carbonyl (C=O) groups excluding carboxylic acids is 1. The Balaban J connectivity index is 1.40. The van der Waals surface area contributed by atoms with Crippen LogP contribution in [-0.4, -0.2) is 52.4 Å². The van der Waals surface area contributed by atoms with Crippen LogP contribution >= 0.6 is 0 Å². The summed E-state index contributed by atoms with van der Waals surface area (Å²) in [6.45, 7) is 2.16. The molecule has 2 aromatic heterocycles. The molecule has 1 amide bonds. The second-order valence-corrected chi connectivity index (χ2v) is 8.85. The number of hydrogen-bond donors (Lipinski definition) is 1. The summed E-state index contributed by atoms with van der Waals surface area (Å²) in [6.07, 6.45) is 8.48. The summed E-state index contributed by atoms with van der Waals surface area (Å²) in [5.41, 5.74) is 4.61. The molecule has 0 spiro atoms. The van der Waals surface area contributed by atoms with Crippen LogP contribution < -0.4 is 9.47 Å². The molecule has 3 aromatic rings. The summed E-state index contributed by atoms with van der Waals surface area (Å²) in [5, 5.41) is 7.51. The fourth-order valence-corrected chi connectivity index (χ4v) is 4.63. The van der Waals surface area contributed by atoms with Crippen LogP contribution in [0, 0.1) is 0 Å². The van der Waals surface area contributed by atoms with E-state index in [-0.39, 0.29) is 12.0 Å². The van der Waals surface area contributed by atoms with Crippen LogP contribution in [0.2, 0.25) is 0 Å². The molecule has 34 heavy (non-hydrogen) atoms. The van der Waals surface area contributed by atoms with Gasteiger partial charge in [-0.2, -0.15) is 5.10 Å². The molecule has 1 aliphatic heterocycles. The Morgan fingerprint density at radius 2 is 2.06 bits per heavy atom. The molecule has 5 rings (SSSR count). The third-order valence-corrected chi connectivity index (χ3v) is 6.43. The molecule has 1 aromatic carbocycles. The third kappa shape index (κ3) is 4.92. The number of hydrogen-bond acceptors (Lipinski definition) is 6. The van der Waals surface area contributed by atoms with Crippen molar-refractivity contribution in [1.82, 2.24) is 20.1 Å². The van der Waals surface area contributed by atoms with Gasteiger partial charge in [0.05, 0.1) is 20.3 Å². The molecule has 0 saturated carbocycles. The van der Waals surface area contributed by atoms with Gasteiger partial charge in [0.2, 0.25) is 0 Å². The fraction of sp³-hybridized carbons (Fsp3) is 0.423. The molecule has 8 nitrogen and oxygen atoms in total. The highest BCUT2D eigenvalue weighted by atomic mass is 16.6. The van der Waals surface area contributed by atoms with Crippen molar-refractivity contribution in [3.63, 3.8) is 0 Å². The number of benzene rings is 1. The van der Waals surface area contributed by atoms with Crippen LogP contribution in [0.5, 0.6) is 11.5 Å². The molecule has 0 radical (unpaired) electrons. The number of aryl methyl sites for hydroxylation is 1. The van der Waals surface area contributed by atoms with Gasteiger partial charge in [0.1, 0.15) is 6.10 Å². The summed E-state index contributed by atoms with van der Waals surface area (Å²) in [4.78, 5) is 19.7. The van der Waals surface area contributed by atoms with Crippen LogP contribution in [-0.2, 0) is 30.7 Å². The number of aromatic amines is 1. The van der Waals surface area contributed by atoms with Crippen LogP contribution in [0.15, 0.2) is 42.7 Å². The minimum absolute atomic E-state index is 0.0363. The average molecular weight is 463 g/mol. The maximum absolute atomic E-state index is 13.7. The Labute approximate surface area is 199 Å². The number of nitrogens with one attached hydrogen (secondary N) is 1. The second-order valence-electron chi connectivity index (χ2n) is 8.85. The number of rotatable bonds is 8. The third-order valence-electron chi connectivity index (χ3n) is 6.43. The van der Waals surface area contributed by atoms with E-state index in [1.807, 2.05) is 35.2 Å². The van der Waals surface area contributed by atoms with E-state index < -0.39 is 0 Å². The van der Waals surface area contributed by atoms with E-state index >= 15 is 0 Å². The molecule has 8 heteroatoms. The highest BCUT2D eigenvalue weighted by molar-refractivity contribution is 5.94. The molecule has 0 bridgehead atoms. The Kier molecular flexibility index (Phi) is 6.76. The number of pyridine rings is 1. The molecule has 0 unspecified atom stereocenters. The fourth-order valence-electron chi connectivity index (χ4n) is 4.63. The number of carbonyl (C=O) groups is 1. The predicted molar refractivity (Wildman–Crippen MR) is 126 cm³/mol. The molecule has 1 N–H and O–H groups in total. The Morgan fingerprint density at radius 1 is 1.18 bits per heavy atom. The van der Waals surface area contributed by atoms with Crippen molar-refractivity contribution in [3.8, 4) is 11.5 Å². The van der Waals surface area contributed by atoms with Gasteiger partial charge in [-0.15, -0.1) is 0 Å². The van der Waals surface area contributed by atoms with Crippen molar-refractivity contribution in [2.75, 3.05) is 20.3 Å². The number of nitrogens with zero attached hydrogens (tertiary/aromatic N) is 3. The number of amides is 1. The Hall–Kier alpha value is -3.39. The minimum atomic E-state index is -0.0781. The van der Waals surface area contributed by atoms with Gasteiger partial charge in [-0.1, -0.05) is 12.1 Å². The number of methoxy groups -OCH3 is 1. The van der Waals surface area contributed by atoms with Crippen molar-refractivity contribution in [2.45, 2.75) is 51.3 Å². The zero-order valence-corrected chi connectivity index (χ0v) is 19.5. The van der Waals surface area contributed by atoms with E-state index in [0.29, 0.717) is 43.5 Å². The molecule has 178 valence electrons. The van der Waals surface area contributed by atoms with Crippen molar-refractivity contribution >= 4 is 5.91 Å². The summed E-state index contributed by atoms with van der Waals surface area (Å²) in [6, 6.07) is 9.70. The lowest BCUT2D eigenvalue weighted by Crippen LogP contribution is -2.31. The molecule has 1 aliphatic carbocycles. The van der Waals surface area contributed by atoms with Gasteiger partial charge in [-0.05, 0) is 55.0 Å². The van der Waals surface area contributed by atoms with Crippen LogP contribution in [0.25, 0.3) is 0 Å². The van der Waals surface area contributed by atoms with Gasteiger partial charge < -0.3 is 19.1 Å². The lowest BCUT2D eigenvalue weighted by molar-refractivity contribution is 0.0722. The van der Waals surface area contributed by atoms with Gasteiger partial charge >= 0.3 is 0 Å².